The van der Waals surface area contributed by atoms with E-state index in [0.29, 0.717) is 16.0 Å². The third kappa shape index (κ3) is 1.86. The lowest BCUT2D eigenvalue weighted by atomic mass is 10.4. The fourth-order valence-corrected chi connectivity index (χ4v) is 1.62. The lowest BCUT2D eigenvalue weighted by Crippen LogP contribution is -2.23. The number of aromatic nitrogens is 1. The third-order valence-electron chi connectivity index (χ3n) is 1.15. The van der Waals surface area contributed by atoms with E-state index in [1.54, 1.807) is 0 Å². The number of thiazole rings is 1. The van der Waals surface area contributed by atoms with Crippen LogP contribution < -0.4 is 11.1 Å². The molecule has 0 aliphatic carbocycles. The van der Waals surface area contributed by atoms with Gasteiger partial charge in [0.2, 0.25) is 0 Å². The molecular weight excluding hydrogens is 198 g/mol. The van der Waals surface area contributed by atoms with Gasteiger partial charge in [-0.3, -0.25) is 4.79 Å². The average molecular weight is 206 g/mol. The van der Waals surface area contributed by atoms with Gasteiger partial charge in [0.05, 0.1) is 0 Å². The SMILES string of the molecule is CCNC(=O)c1nc(N)sc1Cl. The summed E-state index contributed by atoms with van der Waals surface area (Å²) < 4.78 is 0.332. The van der Waals surface area contributed by atoms with Gasteiger partial charge >= 0.3 is 0 Å². The molecule has 1 amide bonds. The Morgan fingerprint density at radius 1 is 1.83 bits per heavy atom. The van der Waals surface area contributed by atoms with E-state index in [-0.39, 0.29) is 11.6 Å². The Labute approximate surface area is 78.7 Å². The minimum absolute atomic E-state index is 0.209. The zero-order chi connectivity index (χ0) is 9.14. The Morgan fingerprint density at radius 3 is 2.92 bits per heavy atom. The fourth-order valence-electron chi connectivity index (χ4n) is 0.701. The zero-order valence-corrected chi connectivity index (χ0v) is 8.00. The molecule has 0 aliphatic heterocycles. The summed E-state index contributed by atoms with van der Waals surface area (Å²) in [5, 5.41) is 2.89. The molecule has 66 valence electrons. The summed E-state index contributed by atoms with van der Waals surface area (Å²) >= 11 is 6.79. The minimum Gasteiger partial charge on any atom is -0.375 e. The molecule has 0 saturated carbocycles. The van der Waals surface area contributed by atoms with Crippen molar-refractivity contribution in [3.63, 3.8) is 0 Å². The van der Waals surface area contributed by atoms with Crippen molar-refractivity contribution in [2.75, 3.05) is 12.3 Å². The van der Waals surface area contributed by atoms with E-state index in [1.807, 2.05) is 6.92 Å². The topological polar surface area (TPSA) is 68.0 Å². The maximum atomic E-state index is 11.2. The van der Waals surface area contributed by atoms with E-state index in [2.05, 4.69) is 10.3 Å². The van der Waals surface area contributed by atoms with Crippen molar-refractivity contribution >= 4 is 34.0 Å². The van der Waals surface area contributed by atoms with Crippen molar-refractivity contribution in [1.29, 1.82) is 0 Å². The number of carbonyl (C=O) groups excluding carboxylic acids is 1. The van der Waals surface area contributed by atoms with Gasteiger partial charge in [-0.1, -0.05) is 22.9 Å². The number of carbonyl (C=O) groups is 1. The molecule has 1 heterocycles. The summed E-state index contributed by atoms with van der Waals surface area (Å²) in [7, 11) is 0. The van der Waals surface area contributed by atoms with Gasteiger partial charge in [-0.25, -0.2) is 4.98 Å². The standard InChI is InChI=1S/C6H8ClN3OS/c1-2-9-5(11)3-4(7)12-6(8)10-3/h2H2,1H3,(H2,8,10)(H,9,11). The van der Waals surface area contributed by atoms with Crippen LogP contribution in [-0.2, 0) is 0 Å². The van der Waals surface area contributed by atoms with Crippen molar-refractivity contribution in [2.45, 2.75) is 6.92 Å². The van der Waals surface area contributed by atoms with Crippen LogP contribution in [0.3, 0.4) is 0 Å². The summed E-state index contributed by atoms with van der Waals surface area (Å²) in [6, 6.07) is 0. The van der Waals surface area contributed by atoms with Crippen molar-refractivity contribution in [3.05, 3.63) is 10.0 Å². The molecule has 1 rings (SSSR count). The van der Waals surface area contributed by atoms with Crippen LogP contribution in [0.4, 0.5) is 5.13 Å². The molecular formula is C6H8ClN3OS. The first-order valence-corrected chi connectivity index (χ1v) is 4.54. The monoisotopic (exact) mass is 205 g/mol. The summed E-state index contributed by atoms with van der Waals surface area (Å²) in [5.41, 5.74) is 5.57. The van der Waals surface area contributed by atoms with Gasteiger partial charge in [0.15, 0.2) is 10.8 Å². The Balaban J connectivity index is 2.87. The maximum absolute atomic E-state index is 11.2. The van der Waals surface area contributed by atoms with Crippen LogP contribution in [0.25, 0.3) is 0 Å². The van der Waals surface area contributed by atoms with E-state index in [1.165, 1.54) is 0 Å². The highest BCUT2D eigenvalue weighted by atomic mass is 35.5. The first kappa shape index (κ1) is 9.28. The molecule has 1 aromatic heterocycles. The molecule has 6 heteroatoms. The highest BCUT2D eigenvalue weighted by Gasteiger charge is 2.14. The number of hydrogen-bond donors (Lipinski definition) is 2. The van der Waals surface area contributed by atoms with Crippen LogP contribution in [-0.4, -0.2) is 17.4 Å². The number of rotatable bonds is 2. The Hall–Kier alpha value is -0.810. The van der Waals surface area contributed by atoms with Crippen molar-refractivity contribution in [2.24, 2.45) is 0 Å². The second-order valence-electron chi connectivity index (χ2n) is 2.03. The Bertz CT molecular complexity index is 299. The van der Waals surface area contributed by atoms with Crippen LogP contribution in [0.2, 0.25) is 4.34 Å². The van der Waals surface area contributed by atoms with Crippen LogP contribution in [0.15, 0.2) is 0 Å². The molecule has 0 spiro atoms. The predicted molar refractivity (Wildman–Crippen MR) is 49.5 cm³/mol. The minimum atomic E-state index is -0.282. The zero-order valence-electron chi connectivity index (χ0n) is 6.43. The molecule has 3 N–H and O–H groups in total. The number of nitrogens with zero attached hydrogens (tertiary/aromatic N) is 1. The maximum Gasteiger partial charge on any atom is 0.272 e. The van der Waals surface area contributed by atoms with Crippen molar-refractivity contribution < 1.29 is 4.79 Å². The van der Waals surface area contributed by atoms with Crippen molar-refractivity contribution in [1.82, 2.24) is 10.3 Å². The van der Waals surface area contributed by atoms with Gasteiger partial charge in [0.1, 0.15) is 4.34 Å². The molecule has 0 fully saturated rings. The summed E-state index contributed by atoms with van der Waals surface area (Å²) in [6.45, 7) is 2.37. The molecule has 0 bridgehead atoms. The largest absolute Gasteiger partial charge is 0.375 e. The first-order chi connectivity index (χ1) is 5.65. The summed E-state index contributed by atoms with van der Waals surface area (Å²) in [4.78, 5) is 15.0. The number of nitrogens with one attached hydrogen (secondary N) is 1. The van der Waals surface area contributed by atoms with Crippen molar-refractivity contribution in [3.8, 4) is 0 Å². The number of halogens is 1. The number of amides is 1. The number of anilines is 1. The van der Waals surface area contributed by atoms with Crippen LogP contribution in [0.5, 0.6) is 0 Å². The molecule has 1 aromatic rings. The fraction of sp³-hybridized carbons (Fsp3) is 0.333. The lowest BCUT2D eigenvalue weighted by molar-refractivity contribution is 0.0952. The molecule has 0 unspecified atom stereocenters. The second-order valence-corrected chi connectivity index (χ2v) is 3.67. The summed E-state index contributed by atoms with van der Waals surface area (Å²) in [5.74, 6) is -0.282. The van der Waals surface area contributed by atoms with Gasteiger partial charge in [0.25, 0.3) is 5.91 Å². The molecule has 0 aliphatic rings. The lowest BCUT2D eigenvalue weighted by Gasteiger charge is -1.96. The smallest absolute Gasteiger partial charge is 0.272 e. The van der Waals surface area contributed by atoms with Gasteiger partial charge < -0.3 is 11.1 Å². The van der Waals surface area contributed by atoms with Crippen LogP contribution >= 0.6 is 22.9 Å². The number of nitrogen functional groups attached to an aromatic ring is 1. The van der Waals surface area contributed by atoms with Crippen LogP contribution in [0.1, 0.15) is 17.4 Å². The van der Waals surface area contributed by atoms with E-state index < -0.39 is 0 Å². The Kier molecular flexibility index (Phi) is 2.88. The normalized spacial score (nSPS) is 9.83. The number of nitrogens with two attached hydrogens (primary N) is 1. The Morgan fingerprint density at radius 2 is 2.50 bits per heavy atom. The molecule has 0 saturated heterocycles. The quantitative estimate of drug-likeness (QED) is 0.761. The average Bonchev–Trinajstić information content (AvgIpc) is 2.30. The van der Waals surface area contributed by atoms with Gasteiger partial charge in [-0.15, -0.1) is 0 Å². The van der Waals surface area contributed by atoms with Gasteiger partial charge in [-0.2, -0.15) is 0 Å². The van der Waals surface area contributed by atoms with E-state index >= 15 is 0 Å². The van der Waals surface area contributed by atoms with Gasteiger partial charge in [0, 0.05) is 6.54 Å². The van der Waals surface area contributed by atoms with E-state index in [4.69, 9.17) is 17.3 Å². The molecule has 4 nitrogen and oxygen atoms in total. The van der Waals surface area contributed by atoms with E-state index in [0.717, 1.165) is 11.3 Å². The second kappa shape index (κ2) is 3.73. The first-order valence-electron chi connectivity index (χ1n) is 3.35. The van der Waals surface area contributed by atoms with Gasteiger partial charge in [-0.05, 0) is 6.92 Å². The van der Waals surface area contributed by atoms with Crippen LogP contribution in [0, 0.1) is 0 Å². The molecule has 0 aromatic carbocycles. The molecule has 0 atom stereocenters. The highest BCUT2D eigenvalue weighted by molar-refractivity contribution is 7.19. The third-order valence-corrected chi connectivity index (χ3v) is 2.24. The predicted octanol–water partition coefficient (Wildman–Crippen LogP) is 1.13. The van der Waals surface area contributed by atoms with E-state index in [9.17, 15) is 4.79 Å². The molecule has 0 radical (unpaired) electrons. The molecule has 12 heavy (non-hydrogen) atoms. The number of hydrogen-bond acceptors (Lipinski definition) is 4. The highest BCUT2D eigenvalue weighted by Crippen LogP contribution is 2.25. The summed E-state index contributed by atoms with van der Waals surface area (Å²) in [6.07, 6.45) is 0.